The maximum Gasteiger partial charge on any atom is 0.181 e. The van der Waals surface area contributed by atoms with Crippen LogP contribution in [0.5, 0.6) is 23.0 Å². The molecule has 4 fully saturated rings. The van der Waals surface area contributed by atoms with Gasteiger partial charge in [-0.05, 0) is 110 Å². The SMILES string of the molecule is CCOc1cc(C23CC4CC(C2)CC(c2cc(N)c(O)c(OCC)c2)(C4)C3)cc(N)c1O. The fourth-order valence-corrected chi connectivity index (χ4v) is 7.34. The molecule has 0 radical (unpaired) electrons. The standard InChI is InChI=1S/C26H34N2O4/c1-3-31-21-8-17(6-19(27)23(21)29)25-10-15-5-16(11-25)13-26(12-15,14-25)18-7-20(28)24(30)22(9-18)32-4-2/h6-9,15-16,29-30H,3-5,10-14,27-28H2,1-2H3. The highest BCUT2D eigenvalue weighted by Gasteiger charge is 2.59. The first kappa shape index (κ1) is 21.1. The molecule has 0 heterocycles. The first-order valence-electron chi connectivity index (χ1n) is 11.8. The lowest BCUT2D eigenvalue weighted by Crippen LogP contribution is -2.56. The number of benzene rings is 2. The predicted octanol–water partition coefficient (Wildman–Crippen LogP) is 4.85. The van der Waals surface area contributed by atoms with Crippen LogP contribution in [0.25, 0.3) is 0 Å². The number of ether oxygens (including phenoxy) is 2. The maximum absolute atomic E-state index is 10.4. The quantitative estimate of drug-likeness (QED) is 0.379. The molecule has 6 nitrogen and oxygen atoms in total. The van der Waals surface area contributed by atoms with Crippen molar-refractivity contribution >= 4 is 11.4 Å². The minimum Gasteiger partial charge on any atom is -0.503 e. The van der Waals surface area contributed by atoms with E-state index in [1.807, 2.05) is 38.1 Å². The van der Waals surface area contributed by atoms with Gasteiger partial charge in [0.15, 0.2) is 23.0 Å². The Bertz CT molecular complexity index is 957. The van der Waals surface area contributed by atoms with Gasteiger partial charge in [0.05, 0.1) is 24.6 Å². The van der Waals surface area contributed by atoms with E-state index in [1.54, 1.807) is 0 Å². The van der Waals surface area contributed by atoms with Crippen molar-refractivity contribution in [2.75, 3.05) is 24.7 Å². The molecule has 4 saturated carbocycles. The van der Waals surface area contributed by atoms with Crippen molar-refractivity contribution < 1.29 is 19.7 Å². The number of nitrogen functional groups attached to an aromatic ring is 2. The van der Waals surface area contributed by atoms with Gasteiger partial charge in [0.1, 0.15) is 0 Å². The molecule has 0 aromatic heterocycles. The molecule has 0 spiro atoms. The van der Waals surface area contributed by atoms with Crippen LogP contribution in [0.3, 0.4) is 0 Å². The highest BCUT2D eigenvalue weighted by Crippen LogP contribution is 2.67. The van der Waals surface area contributed by atoms with Gasteiger partial charge in [0, 0.05) is 0 Å². The van der Waals surface area contributed by atoms with E-state index in [0.29, 0.717) is 47.9 Å². The lowest BCUT2D eigenvalue weighted by molar-refractivity contribution is -0.0282. The Morgan fingerprint density at radius 2 is 1.19 bits per heavy atom. The van der Waals surface area contributed by atoms with Crippen molar-refractivity contribution in [1.29, 1.82) is 0 Å². The molecular weight excluding hydrogens is 404 g/mol. The van der Waals surface area contributed by atoms with E-state index in [4.69, 9.17) is 20.9 Å². The van der Waals surface area contributed by atoms with Crippen LogP contribution < -0.4 is 20.9 Å². The zero-order chi connectivity index (χ0) is 22.7. The van der Waals surface area contributed by atoms with E-state index < -0.39 is 0 Å². The molecule has 0 unspecified atom stereocenters. The number of aromatic hydroxyl groups is 2. The molecule has 6 heteroatoms. The Morgan fingerprint density at radius 3 is 1.56 bits per heavy atom. The first-order chi connectivity index (χ1) is 15.3. The number of rotatable bonds is 6. The lowest BCUT2D eigenvalue weighted by atomic mass is 9.41. The van der Waals surface area contributed by atoms with Gasteiger partial charge in [-0.1, -0.05) is 0 Å². The number of anilines is 2. The summed E-state index contributed by atoms with van der Waals surface area (Å²) in [6.07, 6.45) is 6.79. The summed E-state index contributed by atoms with van der Waals surface area (Å²) in [5.74, 6) is 2.27. The molecule has 6 N–H and O–H groups in total. The normalized spacial score (nSPS) is 30.4. The number of hydrogen-bond acceptors (Lipinski definition) is 6. The largest absolute Gasteiger partial charge is 0.503 e. The van der Waals surface area contributed by atoms with Crippen molar-refractivity contribution in [1.82, 2.24) is 0 Å². The molecule has 6 rings (SSSR count). The number of phenolic OH excluding ortho intramolecular Hbond substituents is 2. The van der Waals surface area contributed by atoms with Gasteiger partial charge in [-0.15, -0.1) is 0 Å². The molecule has 0 aliphatic heterocycles. The zero-order valence-electron chi connectivity index (χ0n) is 19.0. The average molecular weight is 439 g/mol. The molecular formula is C26H34N2O4. The molecule has 32 heavy (non-hydrogen) atoms. The number of hydrogen-bond donors (Lipinski definition) is 4. The highest BCUT2D eigenvalue weighted by atomic mass is 16.5. The second kappa shape index (κ2) is 7.39. The lowest BCUT2D eigenvalue weighted by Gasteiger charge is -2.63. The summed E-state index contributed by atoms with van der Waals surface area (Å²) >= 11 is 0. The van der Waals surface area contributed by atoms with E-state index in [9.17, 15) is 10.2 Å². The van der Waals surface area contributed by atoms with Gasteiger partial charge in [-0.3, -0.25) is 0 Å². The van der Waals surface area contributed by atoms with Gasteiger partial charge >= 0.3 is 0 Å². The Kier molecular flexibility index (Phi) is 4.88. The summed E-state index contributed by atoms with van der Waals surface area (Å²) in [7, 11) is 0. The van der Waals surface area contributed by atoms with Crippen LogP contribution in [0.1, 0.15) is 63.5 Å². The predicted molar refractivity (Wildman–Crippen MR) is 125 cm³/mol. The summed E-state index contributed by atoms with van der Waals surface area (Å²) in [6.45, 7) is 4.78. The minimum absolute atomic E-state index is 0.00379. The van der Waals surface area contributed by atoms with E-state index >= 15 is 0 Å². The highest BCUT2D eigenvalue weighted by molar-refractivity contribution is 5.64. The Morgan fingerprint density at radius 1 is 0.781 bits per heavy atom. The van der Waals surface area contributed by atoms with Crippen molar-refractivity contribution in [2.45, 2.75) is 63.2 Å². The van der Waals surface area contributed by atoms with E-state index in [2.05, 4.69) is 0 Å². The fraction of sp³-hybridized carbons (Fsp3) is 0.538. The molecule has 0 saturated heterocycles. The molecule has 2 aromatic carbocycles. The van der Waals surface area contributed by atoms with Gasteiger partial charge in [0.2, 0.25) is 0 Å². The average Bonchev–Trinajstić information content (AvgIpc) is 2.73. The molecule has 2 aromatic rings. The molecule has 4 aliphatic carbocycles. The molecule has 0 amide bonds. The Hall–Kier alpha value is -2.76. The minimum atomic E-state index is -0.00379. The van der Waals surface area contributed by atoms with Crippen LogP contribution >= 0.6 is 0 Å². The molecule has 4 aliphatic rings. The third-order valence-electron chi connectivity index (χ3n) is 8.09. The van der Waals surface area contributed by atoms with Crippen molar-refractivity contribution in [3.05, 3.63) is 35.4 Å². The maximum atomic E-state index is 10.4. The van der Waals surface area contributed by atoms with Gasteiger partial charge in [-0.25, -0.2) is 0 Å². The van der Waals surface area contributed by atoms with Crippen LogP contribution in [0, 0.1) is 11.8 Å². The Balaban J connectivity index is 1.60. The van der Waals surface area contributed by atoms with E-state index in [-0.39, 0.29) is 22.3 Å². The molecule has 0 atom stereocenters. The molecule has 4 bridgehead atoms. The summed E-state index contributed by atoms with van der Waals surface area (Å²) in [6, 6.07) is 7.92. The van der Waals surface area contributed by atoms with E-state index in [0.717, 1.165) is 32.1 Å². The topological polar surface area (TPSA) is 111 Å². The van der Waals surface area contributed by atoms with E-state index in [1.165, 1.54) is 17.5 Å². The molecule has 172 valence electrons. The van der Waals surface area contributed by atoms with Crippen LogP contribution in [0.15, 0.2) is 24.3 Å². The van der Waals surface area contributed by atoms with Crippen LogP contribution in [-0.2, 0) is 10.8 Å². The van der Waals surface area contributed by atoms with Gasteiger partial charge in [-0.2, -0.15) is 0 Å². The van der Waals surface area contributed by atoms with Crippen LogP contribution in [-0.4, -0.2) is 23.4 Å². The third kappa shape index (κ3) is 3.14. The Labute approximate surface area is 189 Å². The summed E-state index contributed by atoms with van der Waals surface area (Å²) < 4.78 is 11.4. The van der Waals surface area contributed by atoms with Gasteiger partial charge < -0.3 is 31.2 Å². The van der Waals surface area contributed by atoms with Crippen molar-refractivity contribution in [3.63, 3.8) is 0 Å². The number of nitrogens with two attached hydrogens (primary N) is 2. The van der Waals surface area contributed by atoms with Crippen LogP contribution in [0.2, 0.25) is 0 Å². The van der Waals surface area contributed by atoms with Gasteiger partial charge in [0.25, 0.3) is 0 Å². The third-order valence-corrected chi connectivity index (χ3v) is 8.09. The first-order valence-corrected chi connectivity index (χ1v) is 11.8. The number of phenols is 2. The summed E-state index contributed by atoms with van der Waals surface area (Å²) in [5, 5.41) is 20.8. The van der Waals surface area contributed by atoms with Crippen LogP contribution in [0.4, 0.5) is 11.4 Å². The fourth-order valence-electron chi connectivity index (χ4n) is 7.34. The summed E-state index contributed by atoms with van der Waals surface area (Å²) in [5.41, 5.74) is 15.5. The second-order valence-electron chi connectivity index (χ2n) is 10.2. The monoisotopic (exact) mass is 438 g/mol. The zero-order valence-corrected chi connectivity index (χ0v) is 19.0. The summed E-state index contributed by atoms with van der Waals surface area (Å²) in [4.78, 5) is 0. The van der Waals surface area contributed by atoms with Crippen molar-refractivity contribution in [2.24, 2.45) is 11.8 Å². The smallest absolute Gasteiger partial charge is 0.181 e. The van der Waals surface area contributed by atoms with Crippen molar-refractivity contribution in [3.8, 4) is 23.0 Å². The second-order valence-corrected chi connectivity index (χ2v) is 10.2.